The number of fused-ring (bicyclic) bond motifs is 8. The quantitative estimate of drug-likeness (QED) is 0.185. The topological polar surface area (TPSA) is 221 Å². The lowest BCUT2D eigenvalue weighted by molar-refractivity contribution is -0.267. The standard InChI is InChI=1S/C30H26N4O13/c1-10(35)43-9-15-22(44-11(2)36)23(45-12(3)37)24(46-13(4)38)30(47-15)34-21-16(14-7-6-8-31-25(14)34)18-19(29(42)33(5)28(18)41)17-20(21)27(40)32-26(17)39/h6-8,15,22-24,30H,9H2,1-5H3,(H,32,39,40)/t15-,22-,23+,24-,30?/m1/s1. The molecule has 0 bridgehead atoms. The third kappa shape index (κ3) is 4.86. The fraction of sp³-hybridized carbons (Fsp3) is 0.367. The van der Waals surface area contributed by atoms with Crippen LogP contribution in [0.1, 0.15) is 33.9 Å². The molecule has 0 aliphatic carbocycles. The Labute approximate surface area is 261 Å². The number of H-pyrrole nitrogens is 1. The molecule has 1 aliphatic rings. The van der Waals surface area contributed by atoms with Gasteiger partial charge in [0.15, 0.2) is 24.5 Å². The van der Waals surface area contributed by atoms with Gasteiger partial charge in [0, 0.05) is 51.7 Å². The van der Waals surface area contributed by atoms with Gasteiger partial charge in [0.1, 0.15) is 18.4 Å². The van der Waals surface area contributed by atoms with Crippen LogP contribution in [0.3, 0.4) is 0 Å². The van der Waals surface area contributed by atoms with Gasteiger partial charge in [0.2, 0.25) is 0 Å². The second kappa shape index (κ2) is 11.3. The molecule has 0 spiro atoms. The number of carbonyl (C=O) groups excluding carboxylic acids is 4. The van der Waals surface area contributed by atoms with Crippen molar-refractivity contribution in [2.75, 3.05) is 6.61 Å². The normalized spacial score (nSPS) is 21.3. The highest BCUT2D eigenvalue weighted by Crippen LogP contribution is 2.43. The number of nitrogens with zero attached hydrogens (tertiary/aromatic N) is 3. The number of esters is 4. The molecule has 1 fully saturated rings. The molecule has 0 saturated carbocycles. The summed E-state index contributed by atoms with van der Waals surface area (Å²) in [6, 6.07) is 3.10. The molecule has 244 valence electrons. The molecule has 6 rings (SSSR count). The van der Waals surface area contributed by atoms with E-state index in [9.17, 15) is 38.4 Å². The fourth-order valence-corrected chi connectivity index (χ4v) is 6.32. The van der Waals surface area contributed by atoms with Crippen LogP contribution in [0.5, 0.6) is 0 Å². The van der Waals surface area contributed by atoms with Crippen molar-refractivity contribution in [1.82, 2.24) is 19.1 Å². The Morgan fingerprint density at radius 3 is 1.98 bits per heavy atom. The smallest absolute Gasteiger partial charge is 0.303 e. The number of benzene rings is 1. The van der Waals surface area contributed by atoms with Crippen molar-refractivity contribution in [1.29, 1.82) is 0 Å². The van der Waals surface area contributed by atoms with Crippen molar-refractivity contribution < 1.29 is 42.9 Å². The highest BCUT2D eigenvalue weighted by atomic mass is 16.7. The highest BCUT2D eigenvalue weighted by Gasteiger charge is 2.53. The maximum Gasteiger partial charge on any atom is 0.303 e. The molecule has 4 aromatic heterocycles. The lowest BCUT2D eigenvalue weighted by Crippen LogP contribution is -2.60. The van der Waals surface area contributed by atoms with Crippen LogP contribution in [0.2, 0.25) is 0 Å². The van der Waals surface area contributed by atoms with Gasteiger partial charge in [0.05, 0.1) is 27.1 Å². The average molecular weight is 651 g/mol. The van der Waals surface area contributed by atoms with E-state index in [4.69, 9.17) is 23.7 Å². The number of aromatic amines is 1. The summed E-state index contributed by atoms with van der Waals surface area (Å²) in [6.07, 6.45) is -6.27. The molecule has 17 heteroatoms. The Balaban J connectivity index is 1.78. The maximum absolute atomic E-state index is 13.6. The molecule has 0 amide bonds. The van der Waals surface area contributed by atoms with Crippen molar-refractivity contribution in [2.45, 2.75) is 58.3 Å². The SMILES string of the molecule is CC(=O)OC[C@H]1OC(n2c3ncccc3c3c4c(=O)n(C)c(=O)c4c4c(=O)[nH]c(=O)c4c32)[C@H](OC(C)=O)[C@@H](OC(C)=O)[C@@H]1OC(C)=O. The lowest BCUT2D eigenvalue weighted by atomic mass is 9.96. The van der Waals surface area contributed by atoms with Crippen LogP contribution in [0.4, 0.5) is 0 Å². The van der Waals surface area contributed by atoms with Crippen molar-refractivity contribution in [3.8, 4) is 0 Å². The summed E-state index contributed by atoms with van der Waals surface area (Å²) in [6.45, 7) is 3.79. The summed E-state index contributed by atoms with van der Waals surface area (Å²) in [7, 11) is 1.23. The van der Waals surface area contributed by atoms with Crippen LogP contribution < -0.4 is 22.2 Å². The zero-order valence-corrected chi connectivity index (χ0v) is 25.5. The Bertz CT molecular complexity index is 2380. The van der Waals surface area contributed by atoms with Crippen molar-refractivity contribution in [3.05, 3.63) is 59.7 Å². The van der Waals surface area contributed by atoms with E-state index in [0.29, 0.717) is 0 Å². The van der Waals surface area contributed by atoms with Crippen LogP contribution in [0.15, 0.2) is 37.5 Å². The first kappa shape index (κ1) is 31.3. The minimum Gasteiger partial charge on any atom is -0.463 e. The molecular weight excluding hydrogens is 624 g/mol. The number of hydrogen-bond donors (Lipinski definition) is 1. The number of nitrogens with one attached hydrogen (secondary N) is 1. The number of rotatable bonds is 6. The van der Waals surface area contributed by atoms with E-state index in [1.807, 2.05) is 0 Å². The molecular formula is C30H26N4O13. The monoisotopic (exact) mass is 650 g/mol. The van der Waals surface area contributed by atoms with Gasteiger partial charge in [-0.1, -0.05) is 0 Å². The zero-order valence-electron chi connectivity index (χ0n) is 25.5. The minimum absolute atomic E-state index is 0.0425. The molecule has 5 heterocycles. The van der Waals surface area contributed by atoms with Gasteiger partial charge in [-0.05, 0) is 12.1 Å². The Morgan fingerprint density at radius 1 is 0.787 bits per heavy atom. The van der Waals surface area contributed by atoms with Gasteiger partial charge >= 0.3 is 23.9 Å². The summed E-state index contributed by atoms with van der Waals surface area (Å²) < 4.78 is 30.3. The predicted octanol–water partition coefficient (Wildman–Crippen LogP) is -0.265. The van der Waals surface area contributed by atoms with Crippen LogP contribution in [0.25, 0.3) is 43.5 Å². The largest absolute Gasteiger partial charge is 0.463 e. The zero-order chi connectivity index (χ0) is 34.1. The minimum atomic E-state index is -1.63. The van der Waals surface area contributed by atoms with Gasteiger partial charge < -0.3 is 23.7 Å². The van der Waals surface area contributed by atoms with E-state index in [-0.39, 0.29) is 43.5 Å². The van der Waals surface area contributed by atoms with Gasteiger partial charge in [-0.3, -0.25) is 52.5 Å². The Hall–Kier alpha value is -5.71. The predicted molar refractivity (Wildman–Crippen MR) is 160 cm³/mol. The van der Waals surface area contributed by atoms with Crippen LogP contribution in [-0.4, -0.2) is 74.0 Å². The molecule has 1 N–H and O–H groups in total. The van der Waals surface area contributed by atoms with E-state index >= 15 is 0 Å². The lowest BCUT2D eigenvalue weighted by Gasteiger charge is -2.45. The molecule has 0 radical (unpaired) electrons. The number of hydrogen-bond acceptors (Lipinski definition) is 14. The Kier molecular flexibility index (Phi) is 7.50. The molecule has 1 aliphatic heterocycles. The summed E-state index contributed by atoms with van der Waals surface area (Å²) in [5.74, 6) is -3.31. The fourth-order valence-electron chi connectivity index (χ4n) is 6.32. The molecule has 47 heavy (non-hydrogen) atoms. The highest BCUT2D eigenvalue weighted by molar-refractivity contribution is 6.31. The van der Waals surface area contributed by atoms with Gasteiger partial charge in [-0.2, -0.15) is 0 Å². The summed E-state index contributed by atoms with van der Waals surface area (Å²) in [5, 5.41) is -0.757. The average Bonchev–Trinajstić information content (AvgIpc) is 3.56. The molecule has 5 atom stereocenters. The second-order valence-electron chi connectivity index (χ2n) is 11.0. The van der Waals surface area contributed by atoms with E-state index in [1.54, 1.807) is 6.07 Å². The van der Waals surface area contributed by atoms with Crippen LogP contribution in [-0.2, 0) is 49.9 Å². The van der Waals surface area contributed by atoms with Crippen LogP contribution >= 0.6 is 0 Å². The first-order valence-corrected chi connectivity index (χ1v) is 14.2. The molecule has 1 saturated heterocycles. The maximum atomic E-state index is 13.6. The first-order chi connectivity index (χ1) is 22.2. The summed E-state index contributed by atoms with van der Waals surface area (Å²) in [4.78, 5) is 109. The van der Waals surface area contributed by atoms with Crippen molar-refractivity contribution in [2.24, 2.45) is 7.05 Å². The van der Waals surface area contributed by atoms with E-state index in [2.05, 4.69) is 9.97 Å². The van der Waals surface area contributed by atoms with Crippen LogP contribution in [0, 0.1) is 0 Å². The van der Waals surface area contributed by atoms with E-state index in [1.165, 1.54) is 23.9 Å². The van der Waals surface area contributed by atoms with E-state index in [0.717, 1.165) is 32.3 Å². The number of carbonyl (C=O) groups is 4. The van der Waals surface area contributed by atoms with Crippen molar-refractivity contribution >= 4 is 67.4 Å². The van der Waals surface area contributed by atoms with Gasteiger partial charge in [-0.25, -0.2) is 4.98 Å². The third-order valence-corrected chi connectivity index (χ3v) is 7.94. The van der Waals surface area contributed by atoms with Crippen molar-refractivity contribution in [3.63, 3.8) is 0 Å². The van der Waals surface area contributed by atoms with Gasteiger partial charge in [0.25, 0.3) is 22.2 Å². The first-order valence-electron chi connectivity index (χ1n) is 14.2. The number of pyridine rings is 1. The second-order valence-corrected chi connectivity index (χ2v) is 11.0. The van der Waals surface area contributed by atoms with E-state index < -0.39 is 83.4 Å². The molecule has 5 aromatic rings. The summed E-state index contributed by atoms with van der Waals surface area (Å²) in [5.41, 5.74) is -3.43. The number of ether oxygens (including phenoxy) is 5. The molecule has 17 nitrogen and oxygen atoms in total. The molecule has 1 unspecified atom stereocenters. The van der Waals surface area contributed by atoms with Gasteiger partial charge in [-0.15, -0.1) is 0 Å². The number of aromatic nitrogens is 4. The molecule has 1 aromatic carbocycles. The summed E-state index contributed by atoms with van der Waals surface area (Å²) >= 11 is 0. The third-order valence-electron chi connectivity index (χ3n) is 7.94. The Morgan fingerprint density at radius 2 is 1.36 bits per heavy atom.